The average Bonchev–Trinajstić information content (AvgIpc) is 3.19. The fourth-order valence-corrected chi connectivity index (χ4v) is 3.12. The van der Waals surface area contributed by atoms with Gasteiger partial charge in [-0.25, -0.2) is 0 Å². The number of likely N-dealkylation sites (tertiary alicyclic amines) is 1. The topological polar surface area (TPSA) is 61.0 Å². The molecule has 5 nitrogen and oxygen atoms in total. The van der Waals surface area contributed by atoms with Gasteiger partial charge in [-0.05, 0) is 31.0 Å². The van der Waals surface area contributed by atoms with E-state index in [4.69, 9.17) is 0 Å². The molecule has 3 rings (SSSR count). The molecule has 2 aromatic rings. The van der Waals surface area contributed by atoms with Crippen LogP contribution in [-0.2, 0) is 17.5 Å². The van der Waals surface area contributed by atoms with Crippen LogP contribution in [0, 0.1) is 6.92 Å². The van der Waals surface area contributed by atoms with E-state index in [0.29, 0.717) is 31.6 Å². The summed E-state index contributed by atoms with van der Waals surface area (Å²) in [6, 6.07) is 4.88. The lowest BCUT2D eigenvalue weighted by molar-refractivity contribution is -0.137. The zero-order valence-electron chi connectivity index (χ0n) is 14.4. The summed E-state index contributed by atoms with van der Waals surface area (Å²) in [5, 5.41) is 10.1. The molecule has 1 fully saturated rings. The number of rotatable bonds is 6. The monoisotopic (exact) mass is 366 g/mol. The number of aromatic nitrogens is 2. The number of halogens is 3. The number of hydrogen-bond acceptors (Lipinski definition) is 3. The molecule has 1 atom stereocenters. The lowest BCUT2D eigenvalue weighted by Gasteiger charge is -2.26. The van der Waals surface area contributed by atoms with E-state index in [9.17, 15) is 18.0 Å². The van der Waals surface area contributed by atoms with Gasteiger partial charge in [0.1, 0.15) is 0 Å². The van der Waals surface area contributed by atoms with E-state index in [1.54, 1.807) is 17.2 Å². The Morgan fingerprint density at radius 3 is 2.81 bits per heavy atom. The summed E-state index contributed by atoms with van der Waals surface area (Å²) in [6.07, 6.45) is -1.43. The first-order valence-electron chi connectivity index (χ1n) is 8.52. The molecule has 0 aliphatic carbocycles. The highest BCUT2D eigenvalue weighted by atomic mass is 19.4. The molecule has 1 aromatic heterocycles. The van der Waals surface area contributed by atoms with Crippen LogP contribution in [0.5, 0.6) is 0 Å². The van der Waals surface area contributed by atoms with Crippen LogP contribution in [0.1, 0.15) is 41.3 Å². The molecule has 0 unspecified atom stereocenters. The smallest absolute Gasteiger partial charge is 0.341 e. The SMILES string of the molecule is Cc1[nH]ncc1CN[C@@H](CN1CCCC1=O)c1cccc(C(F)(F)F)c1. The van der Waals surface area contributed by atoms with Crippen LogP contribution in [0.4, 0.5) is 13.2 Å². The van der Waals surface area contributed by atoms with Crippen molar-refractivity contribution in [2.24, 2.45) is 0 Å². The second-order valence-electron chi connectivity index (χ2n) is 6.52. The van der Waals surface area contributed by atoms with Crippen molar-refractivity contribution in [2.45, 2.75) is 38.5 Å². The largest absolute Gasteiger partial charge is 0.416 e. The zero-order valence-corrected chi connectivity index (χ0v) is 14.4. The Balaban J connectivity index is 1.82. The molecule has 8 heteroatoms. The van der Waals surface area contributed by atoms with Crippen LogP contribution in [0.25, 0.3) is 0 Å². The number of hydrogen-bond donors (Lipinski definition) is 2. The second kappa shape index (κ2) is 7.49. The maximum atomic E-state index is 13.1. The van der Waals surface area contributed by atoms with Gasteiger partial charge in [0.05, 0.1) is 17.8 Å². The van der Waals surface area contributed by atoms with E-state index < -0.39 is 17.8 Å². The number of alkyl halides is 3. The van der Waals surface area contributed by atoms with Crippen LogP contribution in [0.2, 0.25) is 0 Å². The minimum atomic E-state index is -4.40. The molecule has 1 aromatic carbocycles. The number of amides is 1. The van der Waals surface area contributed by atoms with Gasteiger partial charge >= 0.3 is 6.18 Å². The Bertz CT molecular complexity index is 772. The molecule has 0 spiro atoms. The fourth-order valence-electron chi connectivity index (χ4n) is 3.12. The first-order valence-corrected chi connectivity index (χ1v) is 8.52. The molecule has 0 radical (unpaired) electrons. The minimum absolute atomic E-state index is 0.0447. The predicted octanol–water partition coefficient (Wildman–Crippen LogP) is 3.19. The van der Waals surface area contributed by atoms with Gasteiger partial charge in [-0.2, -0.15) is 18.3 Å². The Morgan fingerprint density at radius 1 is 1.38 bits per heavy atom. The second-order valence-corrected chi connectivity index (χ2v) is 6.52. The predicted molar refractivity (Wildman–Crippen MR) is 90.2 cm³/mol. The first kappa shape index (κ1) is 18.4. The van der Waals surface area contributed by atoms with Crippen molar-refractivity contribution in [2.75, 3.05) is 13.1 Å². The first-order chi connectivity index (χ1) is 12.3. The van der Waals surface area contributed by atoms with Gasteiger partial charge in [-0.15, -0.1) is 0 Å². The molecule has 2 heterocycles. The van der Waals surface area contributed by atoms with Crippen molar-refractivity contribution in [1.82, 2.24) is 20.4 Å². The van der Waals surface area contributed by atoms with Crippen LogP contribution >= 0.6 is 0 Å². The highest BCUT2D eigenvalue weighted by Gasteiger charge is 2.31. The number of aryl methyl sites for hydroxylation is 1. The van der Waals surface area contributed by atoms with Crippen LogP contribution < -0.4 is 5.32 Å². The highest BCUT2D eigenvalue weighted by Crippen LogP contribution is 2.31. The molecular formula is C18H21F3N4O. The van der Waals surface area contributed by atoms with Gasteiger partial charge < -0.3 is 10.2 Å². The lowest BCUT2D eigenvalue weighted by atomic mass is 10.0. The standard InChI is InChI=1S/C18H21F3N4O/c1-12-14(10-23-24-12)9-22-16(11-25-7-3-6-17(25)26)13-4-2-5-15(8-13)18(19,20)21/h2,4-5,8,10,16,22H,3,6-7,9,11H2,1H3,(H,23,24)/t16-/m0/s1. The third-order valence-electron chi connectivity index (χ3n) is 4.66. The third kappa shape index (κ3) is 4.24. The van der Waals surface area contributed by atoms with Crippen LogP contribution in [0.3, 0.4) is 0 Å². The molecule has 140 valence electrons. The van der Waals surface area contributed by atoms with Gasteiger partial charge in [0.2, 0.25) is 5.91 Å². The molecule has 26 heavy (non-hydrogen) atoms. The van der Waals surface area contributed by atoms with Crippen molar-refractivity contribution in [3.8, 4) is 0 Å². The van der Waals surface area contributed by atoms with Crippen molar-refractivity contribution in [3.05, 3.63) is 52.8 Å². The fraction of sp³-hybridized carbons (Fsp3) is 0.444. The number of nitrogens with one attached hydrogen (secondary N) is 2. The number of nitrogens with zero attached hydrogens (tertiary/aromatic N) is 2. The quantitative estimate of drug-likeness (QED) is 0.825. The number of carbonyl (C=O) groups excluding carboxylic acids is 1. The molecule has 1 saturated heterocycles. The number of aromatic amines is 1. The number of carbonyl (C=O) groups is 1. The summed E-state index contributed by atoms with van der Waals surface area (Å²) in [4.78, 5) is 13.7. The van der Waals surface area contributed by atoms with Gasteiger partial charge in [0.25, 0.3) is 0 Å². The lowest BCUT2D eigenvalue weighted by Crippen LogP contribution is -2.36. The molecular weight excluding hydrogens is 345 g/mol. The maximum absolute atomic E-state index is 13.1. The van der Waals surface area contributed by atoms with Crippen molar-refractivity contribution in [3.63, 3.8) is 0 Å². The van der Waals surface area contributed by atoms with Gasteiger partial charge in [0, 0.05) is 37.3 Å². The van der Waals surface area contributed by atoms with Crippen LogP contribution in [0.15, 0.2) is 30.5 Å². The normalized spacial score (nSPS) is 16.3. The van der Waals surface area contributed by atoms with E-state index in [1.807, 2.05) is 6.92 Å². The Hall–Kier alpha value is -2.35. The van der Waals surface area contributed by atoms with E-state index in [1.165, 1.54) is 6.07 Å². The van der Waals surface area contributed by atoms with Gasteiger partial charge in [0.15, 0.2) is 0 Å². The van der Waals surface area contributed by atoms with E-state index in [0.717, 1.165) is 29.8 Å². The maximum Gasteiger partial charge on any atom is 0.416 e. The Labute approximate surface area is 149 Å². The summed E-state index contributed by atoms with van der Waals surface area (Å²) in [6.45, 7) is 3.32. The van der Waals surface area contributed by atoms with Gasteiger partial charge in [-0.3, -0.25) is 9.89 Å². The highest BCUT2D eigenvalue weighted by molar-refractivity contribution is 5.78. The minimum Gasteiger partial charge on any atom is -0.341 e. The zero-order chi connectivity index (χ0) is 18.7. The summed E-state index contributed by atoms with van der Waals surface area (Å²) in [7, 11) is 0. The average molecular weight is 366 g/mol. The van der Waals surface area contributed by atoms with Gasteiger partial charge in [-0.1, -0.05) is 12.1 Å². The van der Waals surface area contributed by atoms with Crippen molar-refractivity contribution >= 4 is 5.91 Å². The molecule has 0 saturated carbocycles. The van der Waals surface area contributed by atoms with Crippen molar-refractivity contribution < 1.29 is 18.0 Å². The summed E-state index contributed by atoms with van der Waals surface area (Å²) in [5.41, 5.74) is 1.67. The third-order valence-corrected chi connectivity index (χ3v) is 4.66. The molecule has 2 N–H and O–H groups in total. The number of benzene rings is 1. The van der Waals surface area contributed by atoms with Crippen molar-refractivity contribution in [1.29, 1.82) is 0 Å². The number of H-pyrrole nitrogens is 1. The Kier molecular flexibility index (Phi) is 5.31. The molecule has 1 amide bonds. The summed E-state index contributed by atoms with van der Waals surface area (Å²) in [5.74, 6) is 0.0447. The Morgan fingerprint density at radius 2 is 2.19 bits per heavy atom. The van der Waals surface area contributed by atoms with E-state index >= 15 is 0 Å². The van der Waals surface area contributed by atoms with E-state index in [2.05, 4.69) is 15.5 Å². The summed E-state index contributed by atoms with van der Waals surface area (Å²) < 4.78 is 39.2. The molecule has 0 bridgehead atoms. The molecule has 1 aliphatic heterocycles. The summed E-state index contributed by atoms with van der Waals surface area (Å²) >= 11 is 0. The van der Waals surface area contributed by atoms with Crippen LogP contribution in [-0.4, -0.2) is 34.1 Å². The van der Waals surface area contributed by atoms with E-state index in [-0.39, 0.29) is 5.91 Å². The molecule has 1 aliphatic rings.